The smallest absolute Gasteiger partial charge is 0.267 e. The first-order valence-electron chi connectivity index (χ1n) is 4.75. The second kappa shape index (κ2) is 4.73. The Balaban J connectivity index is 2.32. The molecule has 2 aromatic heterocycles. The van der Waals surface area contributed by atoms with Gasteiger partial charge < -0.3 is 10.3 Å². The average Bonchev–Trinajstić information content (AvgIpc) is 2.78. The first kappa shape index (κ1) is 11.2. The number of carbonyl (C=O) groups is 1. The third-order valence-corrected chi connectivity index (χ3v) is 2.05. The van der Waals surface area contributed by atoms with Crippen molar-refractivity contribution in [3.05, 3.63) is 35.7 Å². The number of nitrogens with zero attached hydrogens (tertiary/aromatic N) is 2. The van der Waals surface area contributed by atoms with Crippen molar-refractivity contribution in [3.8, 4) is 11.4 Å². The van der Waals surface area contributed by atoms with Gasteiger partial charge in [-0.05, 0) is 12.1 Å². The summed E-state index contributed by atoms with van der Waals surface area (Å²) in [6.07, 6.45) is 0. The number of aromatic nitrogens is 2. The molecule has 0 bridgehead atoms. The summed E-state index contributed by atoms with van der Waals surface area (Å²) < 4.78 is 4.95. The fraction of sp³-hybridized carbons (Fsp3) is 0.100. The Morgan fingerprint density at radius 3 is 2.94 bits per heavy atom. The van der Waals surface area contributed by atoms with Gasteiger partial charge in [-0.1, -0.05) is 11.2 Å². The van der Waals surface area contributed by atoms with Crippen molar-refractivity contribution in [3.63, 3.8) is 0 Å². The van der Waals surface area contributed by atoms with Crippen LogP contribution in [0, 0.1) is 0 Å². The summed E-state index contributed by atoms with van der Waals surface area (Å²) in [5, 5.41) is 3.78. The lowest BCUT2D eigenvalue weighted by molar-refractivity contribution is 0.0995. The fourth-order valence-electron chi connectivity index (χ4n) is 1.30. The molecular weight excluding hydrogens is 224 g/mol. The molecule has 0 aliphatic heterocycles. The van der Waals surface area contributed by atoms with E-state index in [1.54, 1.807) is 18.2 Å². The van der Waals surface area contributed by atoms with Crippen LogP contribution in [0.1, 0.15) is 16.2 Å². The number of pyridine rings is 1. The first-order valence-corrected chi connectivity index (χ1v) is 4.75. The van der Waals surface area contributed by atoms with Gasteiger partial charge in [0.15, 0.2) is 5.76 Å². The fourth-order valence-corrected chi connectivity index (χ4v) is 1.30. The highest BCUT2D eigenvalue weighted by molar-refractivity contribution is 5.91. The number of amides is 1. The van der Waals surface area contributed by atoms with E-state index < -0.39 is 5.91 Å². The van der Waals surface area contributed by atoms with Crippen molar-refractivity contribution < 1.29 is 14.2 Å². The predicted molar refractivity (Wildman–Crippen MR) is 57.2 cm³/mol. The lowest BCUT2D eigenvalue weighted by Gasteiger charge is -1.97. The van der Waals surface area contributed by atoms with E-state index in [9.17, 15) is 4.79 Å². The van der Waals surface area contributed by atoms with Crippen LogP contribution in [0.5, 0.6) is 0 Å². The maximum absolute atomic E-state index is 11.0. The summed E-state index contributed by atoms with van der Waals surface area (Å²) >= 11 is 0. The summed E-state index contributed by atoms with van der Waals surface area (Å²) in [6, 6.07) is 6.50. The van der Waals surface area contributed by atoms with Gasteiger partial charge >= 0.3 is 0 Å². The zero-order valence-corrected chi connectivity index (χ0v) is 8.79. The van der Waals surface area contributed by atoms with Crippen LogP contribution in [0.25, 0.3) is 11.4 Å². The van der Waals surface area contributed by atoms with Crippen LogP contribution in [0.15, 0.2) is 28.8 Å². The van der Waals surface area contributed by atoms with Gasteiger partial charge in [0.05, 0.1) is 5.69 Å². The number of carbonyl (C=O) groups excluding carboxylic acids is 1. The van der Waals surface area contributed by atoms with Crippen LogP contribution in [-0.4, -0.2) is 16.0 Å². The predicted octanol–water partition coefficient (Wildman–Crippen LogP) is 0.226. The first-order chi connectivity index (χ1) is 8.20. The average molecular weight is 234 g/mol. The van der Waals surface area contributed by atoms with Crippen molar-refractivity contribution in [1.82, 2.24) is 10.1 Å². The summed E-state index contributed by atoms with van der Waals surface area (Å²) in [4.78, 5) is 19.4. The monoisotopic (exact) mass is 234 g/mol. The Labute approximate surface area is 96.3 Å². The molecule has 7 heteroatoms. The number of hydrogen-bond donors (Lipinski definition) is 2. The van der Waals surface area contributed by atoms with Gasteiger partial charge in [0, 0.05) is 6.07 Å². The van der Waals surface area contributed by atoms with Crippen LogP contribution in [0.2, 0.25) is 0 Å². The maximum atomic E-state index is 11.0. The lowest BCUT2D eigenvalue weighted by Crippen LogP contribution is -2.13. The van der Waals surface area contributed by atoms with Gasteiger partial charge in [-0.2, -0.15) is 0 Å². The minimum Gasteiger partial charge on any atom is -0.364 e. The maximum Gasteiger partial charge on any atom is 0.267 e. The van der Waals surface area contributed by atoms with Crippen molar-refractivity contribution in [1.29, 1.82) is 0 Å². The molecule has 2 rings (SSSR count). The van der Waals surface area contributed by atoms with Gasteiger partial charge in [-0.3, -0.25) is 9.63 Å². The second-order valence-corrected chi connectivity index (χ2v) is 3.26. The Hall–Kier alpha value is -2.25. The zero-order chi connectivity index (χ0) is 12.3. The molecule has 0 aromatic carbocycles. The molecule has 2 aromatic rings. The standard InChI is InChI=1S/C10H10N4O3/c11-10(15)8-3-1-2-7(13-8)9-4-6(5-16-12)17-14-9/h1-4H,5,12H2,(H2,11,15). The van der Waals surface area contributed by atoms with E-state index >= 15 is 0 Å². The van der Waals surface area contributed by atoms with E-state index in [2.05, 4.69) is 15.0 Å². The minimum atomic E-state index is -0.596. The molecule has 0 saturated carbocycles. The van der Waals surface area contributed by atoms with Gasteiger partial charge in [0.1, 0.15) is 18.0 Å². The highest BCUT2D eigenvalue weighted by Crippen LogP contribution is 2.17. The number of nitrogens with two attached hydrogens (primary N) is 2. The molecular formula is C10H10N4O3. The number of rotatable bonds is 4. The Morgan fingerprint density at radius 1 is 1.41 bits per heavy atom. The Bertz CT molecular complexity index is 538. The van der Waals surface area contributed by atoms with Crippen LogP contribution >= 0.6 is 0 Å². The minimum absolute atomic E-state index is 0.114. The Morgan fingerprint density at radius 2 is 2.24 bits per heavy atom. The third-order valence-electron chi connectivity index (χ3n) is 2.05. The van der Waals surface area contributed by atoms with E-state index in [1.165, 1.54) is 6.07 Å². The van der Waals surface area contributed by atoms with E-state index in [-0.39, 0.29) is 12.3 Å². The van der Waals surface area contributed by atoms with Gasteiger partial charge in [-0.25, -0.2) is 10.9 Å². The number of primary amides is 1. The molecule has 0 radical (unpaired) electrons. The van der Waals surface area contributed by atoms with Crippen molar-refractivity contribution in [2.45, 2.75) is 6.61 Å². The SMILES string of the molecule is NOCc1cc(-c2cccc(C(N)=O)n2)no1. The van der Waals surface area contributed by atoms with E-state index in [4.69, 9.17) is 16.2 Å². The quantitative estimate of drug-likeness (QED) is 0.731. The molecule has 7 nitrogen and oxygen atoms in total. The van der Waals surface area contributed by atoms with Crippen LogP contribution in [-0.2, 0) is 11.4 Å². The van der Waals surface area contributed by atoms with Crippen molar-refractivity contribution in [2.75, 3.05) is 0 Å². The van der Waals surface area contributed by atoms with Gasteiger partial charge in [0.25, 0.3) is 5.91 Å². The van der Waals surface area contributed by atoms with E-state index in [0.29, 0.717) is 17.1 Å². The van der Waals surface area contributed by atoms with E-state index in [1.807, 2.05) is 0 Å². The van der Waals surface area contributed by atoms with Crippen LogP contribution < -0.4 is 11.6 Å². The molecule has 17 heavy (non-hydrogen) atoms. The van der Waals surface area contributed by atoms with Crippen LogP contribution in [0.3, 0.4) is 0 Å². The summed E-state index contributed by atoms with van der Waals surface area (Å²) in [6.45, 7) is 0.114. The molecule has 0 saturated heterocycles. The second-order valence-electron chi connectivity index (χ2n) is 3.26. The molecule has 88 valence electrons. The molecule has 2 heterocycles. The van der Waals surface area contributed by atoms with Crippen molar-refractivity contribution in [2.24, 2.45) is 11.6 Å². The van der Waals surface area contributed by atoms with Crippen molar-refractivity contribution >= 4 is 5.91 Å². The van der Waals surface area contributed by atoms with Crippen LogP contribution in [0.4, 0.5) is 0 Å². The summed E-state index contributed by atoms with van der Waals surface area (Å²) in [5.41, 5.74) is 6.28. The number of hydrogen-bond acceptors (Lipinski definition) is 6. The zero-order valence-electron chi connectivity index (χ0n) is 8.79. The lowest BCUT2D eigenvalue weighted by atomic mass is 10.2. The highest BCUT2D eigenvalue weighted by Gasteiger charge is 2.10. The largest absolute Gasteiger partial charge is 0.364 e. The van der Waals surface area contributed by atoms with Gasteiger partial charge in [0.2, 0.25) is 0 Å². The summed E-state index contributed by atoms with van der Waals surface area (Å²) in [5.74, 6) is 4.78. The molecule has 1 amide bonds. The van der Waals surface area contributed by atoms with Gasteiger partial charge in [-0.15, -0.1) is 0 Å². The van der Waals surface area contributed by atoms with E-state index in [0.717, 1.165) is 0 Å². The molecule has 0 spiro atoms. The molecule has 0 aliphatic rings. The normalized spacial score (nSPS) is 10.4. The molecule has 0 fully saturated rings. The highest BCUT2D eigenvalue weighted by atomic mass is 16.6. The molecule has 0 atom stereocenters. The third kappa shape index (κ3) is 2.47. The molecule has 4 N–H and O–H groups in total. The molecule has 0 unspecified atom stereocenters. The molecule has 0 aliphatic carbocycles. The summed E-state index contributed by atoms with van der Waals surface area (Å²) in [7, 11) is 0. The Kier molecular flexibility index (Phi) is 3.12. The topological polar surface area (TPSA) is 117 Å².